The molecule has 6 heteroatoms. The molecular weight excluding hydrogens is 340 g/mol. The van der Waals surface area contributed by atoms with Crippen molar-refractivity contribution in [1.29, 1.82) is 0 Å². The van der Waals surface area contributed by atoms with Crippen LogP contribution in [-0.4, -0.2) is 18.0 Å². The van der Waals surface area contributed by atoms with E-state index in [4.69, 9.17) is 5.73 Å². The van der Waals surface area contributed by atoms with Gasteiger partial charge in [-0.15, -0.1) is 0 Å². The molecule has 2 atom stereocenters. The highest BCUT2D eigenvalue weighted by Gasteiger charge is 2.18. The number of amides is 3. The first-order chi connectivity index (χ1) is 12.9. The Kier molecular flexibility index (Phi) is 7.37. The van der Waals surface area contributed by atoms with Crippen molar-refractivity contribution in [2.75, 3.05) is 10.6 Å². The first-order valence-electron chi connectivity index (χ1n) is 9.16. The van der Waals surface area contributed by atoms with Gasteiger partial charge in [-0.1, -0.05) is 44.5 Å². The third-order valence-electron chi connectivity index (χ3n) is 4.49. The van der Waals surface area contributed by atoms with Crippen LogP contribution in [-0.2, 0) is 11.3 Å². The van der Waals surface area contributed by atoms with E-state index < -0.39 is 6.04 Å². The SMILES string of the molecule is CCC(C)C(N)C(=O)NCc1cccc(NC(=O)Nc2cccc(C)c2)c1. The molecule has 144 valence electrons. The van der Waals surface area contributed by atoms with Gasteiger partial charge in [-0.3, -0.25) is 4.79 Å². The molecule has 0 aliphatic carbocycles. The van der Waals surface area contributed by atoms with Gasteiger partial charge in [0.2, 0.25) is 5.91 Å². The zero-order valence-corrected chi connectivity index (χ0v) is 16.1. The van der Waals surface area contributed by atoms with Crippen LogP contribution < -0.4 is 21.7 Å². The van der Waals surface area contributed by atoms with Crippen molar-refractivity contribution in [1.82, 2.24) is 5.32 Å². The van der Waals surface area contributed by atoms with E-state index in [9.17, 15) is 9.59 Å². The van der Waals surface area contributed by atoms with Crippen LogP contribution in [0, 0.1) is 12.8 Å². The minimum Gasteiger partial charge on any atom is -0.351 e. The highest BCUT2D eigenvalue weighted by molar-refractivity contribution is 5.99. The molecule has 0 aromatic heterocycles. The van der Waals surface area contributed by atoms with E-state index in [0.29, 0.717) is 12.2 Å². The van der Waals surface area contributed by atoms with Crippen LogP contribution in [0.3, 0.4) is 0 Å². The van der Waals surface area contributed by atoms with Gasteiger partial charge in [0.1, 0.15) is 0 Å². The van der Waals surface area contributed by atoms with Crippen LogP contribution in [0.15, 0.2) is 48.5 Å². The Balaban J connectivity index is 1.91. The molecule has 3 amide bonds. The maximum absolute atomic E-state index is 12.2. The van der Waals surface area contributed by atoms with Gasteiger partial charge in [-0.05, 0) is 48.2 Å². The van der Waals surface area contributed by atoms with E-state index in [-0.39, 0.29) is 17.9 Å². The summed E-state index contributed by atoms with van der Waals surface area (Å²) in [5.74, 6) is -0.0387. The van der Waals surface area contributed by atoms with Crippen molar-refractivity contribution >= 4 is 23.3 Å². The van der Waals surface area contributed by atoms with Crippen LogP contribution in [0.5, 0.6) is 0 Å². The Morgan fingerprint density at radius 2 is 1.67 bits per heavy atom. The van der Waals surface area contributed by atoms with Gasteiger partial charge in [0.05, 0.1) is 6.04 Å². The normalized spacial score (nSPS) is 12.7. The van der Waals surface area contributed by atoms with Crippen LogP contribution in [0.25, 0.3) is 0 Å². The number of urea groups is 1. The van der Waals surface area contributed by atoms with Crippen molar-refractivity contribution in [2.45, 2.75) is 39.8 Å². The Bertz CT molecular complexity index is 791. The molecule has 27 heavy (non-hydrogen) atoms. The maximum Gasteiger partial charge on any atom is 0.323 e. The molecule has 0 saturated heterocycles. The number of hydrogen-bond acceptors (Lipinski definition) is 3. The number of aryl methyl sites for hydroxylation is 1. The van der Waals surface area contributed by atoms with Crippen molar-refractivity contribution in [3.05, 3.63) is 59.7 Å². The number of hydrogen-bond donors (Lipinski definition) is 4. The first-order valence-corrected chi connectivity index (χ1v) is 9.16. The van der Waals surface area contributed by atoms with Crippen LogP contribution >= 0.6 is 0 Å². The number of benzene rings is 2. The van der Waals surface area contributed by atoms with Crippen LogP contribution in [0.2, 0.25) is 0 Å². The first kappa shape index (κ1) is 20.5. The molecule has 2 rings (SSSR count). The van der Waals surface area contributed by atoms with Crippen molar-refractivity contribution in [3.63, 3.8) is 0 Å². The van der Waals surface area contributed by atoms with Crippen molar-refractivity contribution < 1.29 is 9.59 Å². The minimum atomic E-state index is -0.517. The summed E-state index contributed by atoms with van der Waals surface area (Å²) in [7, 11) is 0. The summed E-state index contributed by atoms with van der Waals surface area (Å²) >= 11 is 0. The molecular formula is C21H28N4O2. The number of nitrogens with two attached hydrogens (primary N) is 1. The molecule has 0 spiro atoms. The molecule has 0 heterocycles. The summed E-state index contributed by atoms with van der Waals surface area (Å²) in [6, 6.07) is 14.1. The van der Waals surface area contributed by atoms with Crippen molar-refractivity contribution in [3.8, 4) is 0 Å². The lowest BCUT2D eigenvalue weighted by atomic mass is 9.99. The average molecular weight is 368 g/mol. The molecule has 0 radical (unpaired) electrons. The standard InChI is InChI=1S/C21H28N4O2/c1-4-15(3)19(22)20(26)23-13-16-8-6-10-18(12-16)25-21(27)24-17-9-5-7-14(2)11-17/h5-12,15,19H,4,13,22H2,1-3H3,(H,23,26)(H2,24,25,27). The fourth-order valence-electron chi connectivity index (χ4n) is 2.59. The highest BCUT2D eigenvalue weighted by Crippen LogP contribution is 2.13. The Hall–Kier alpha value is -2.86. The van der Waals surface area contributed by atoms with Gasteiger partial charge in [0, 0.05) is 17.9 Å². The molecule has 0 saturated carbocycles. The molecule has 6 nitrogen and oxygen atoms in total. The van der Waals surface area contributed by atoms with Gasteiger partial charge < -0.3 is 21.7 Å². The molecule has 0 fully saturated rings. The van der Waals surface area contributed by atoms with E-state index >= 15 is 0 Å². The molecule has 5 N–H and O–H groups in total. The van der Waals surface area contributed by atoms with E-state index in [0.717, 1.165) is 23.2 Å². The summed E-state index contributed by atoms with van der Waals surface area (Å²) in [4.78, 5) is 24.3. The molecule has 0 aliphatic rings. The average Bonchev–Trinajstić information content (AvgIpc) is 2.65. The van der Waals surface area contributed by atoms with Gasteiger partial charge >= 0.3 is 6.03 Å². The Morgan fingerprint density at radius 3 is 2.30 bits per heavy atom. The zero-order chi connectivity index (χ0) is 19.8. The quantitative estimate of drug-likeness (QED) is 0.601. The van der Waals surface area contributed by atoms with Crippen LogP contribution in [0.1, 0.15) is 31.4 Å². The molecule has 0 bridgehead atoms. The second-order valence-corrected chi connectivity index (χ2v) is 6.78. The summed E-state index contributed by atoms with van der Waals surface area (Å²) in [5.41, 5.74) is 9.27. The lowest BCUT2D eigenvalue weighted by Gasteiger charge is -2.18. The summed E-state index contributed by atoms with van der Waals surface area (Å²) in [5, 5.41) is 8.45. The van der Waals surface area contributed by atoms with E-state index in [1.54, 1.807) is 6.07 Å². The number of anilines is 2. The smallest absolute Gasteiger partial charge is 0.323 e. The van der Waals surface area contributed by atoms with Gasteiger partial charge in [-0.2, -0.15) is 0 Å². The maximum atomic E-state index is 12.2. The van der Waals surface area contributed by atoms with Crippen LogP contribution in [0.4, 0.5) is 16.2 Å². The second-order valence-electron chi connectivity index (χ2n) is 6.78. The predicted molar refractivity (Wildman–Crippen MR) is 110 cm³/mol. The van der Waals surface area contributed by atoms with Gasteiger partial charge in [0.15, 0.2) is 0 Å². The Morgan fingerprint density at radius 1 is 1.04 bits per heavy atom. The number of nitrogens with one attached hydrogen (secondary N) is 3. The third-order valence-corrected chi connectivity index (χ3v) is 4.49. The lowest BCUT2D eigenvalue weighted by molar-refractivity contribution is -0.123. The fourth-order valence-corrected chi connectivity index (χ4v) is 2.59. The van der Waals surface area contributed by atoms with Gasteiger partial charge in [-0.25, -0.2) is 4.79 Å². The number of carbonyl (C=O) groups excluding carboxylic acids is 2. The monoisotopic (exact) mass is 368 g/mol. The minimum absolute atomic E-state index is 0.128. The third kappa shape index (κ3) is 6.42. The summed E-state index contributed by atoms with van der Waals surface area (Å²) in [6.45, 7) is 6.29. The summed E-state index contributed by atoms with van der Waals surface area (Å²) < 4.78 is 0. The van der Waals surface area contributed by atoms with E-state index in [1.807, 2.05) is 63.2 Å². The van der Waals surface area contributed by atoms with E-state index in [1.165, 1.54) is 0 Å². The molecule has 0 aliphatic heterocycles. The topological polar surface area (TPSA) is 96.2 Å². The molecule has 2 unspecified atom stereocenters. The van der Waals surface area contributed by atoms with E-state index in [2.05, 4.69) is 16.0 Å². The predicted octanol–water partition coefficient (Wildman–Crippen LogP) is 3.63. The zero-order valence-electron chi connectivity index (χ0n) is 16.1. The highest BCUT2D eigenvalue weighted by atomic mass is 16.2. The fraction of sp³-hybridized carbons (Fsp3) is 0.333. The second kappa shape index (κ2) is 9.73. The Labute approximate surface area is 160 Å². The summed E-state index contributed by atoms with van der Waals surface area (Å²) in [6.07, 6.45) is 0.851. The number of carbonyl (C=O) groups is 2. The van der Waals surface area contributed by atoms with Crippen molar-refractivity contribution in [2.24, 2.45) is 11.7 Å². The molecule has 2 aromatic rings. The lowest BCUT2D eigenvalue weighted by Crippen LogP contribution is -2.44. The largest absolute Gasteiger partial charge is 0.351 e. The van der Waals surface area contributed by atoms with Gasteiger partial charge in [0.25, 0.3) is 0 Å². The molecule has 2 aromatic carbocycles. The number of rotatable bonds is 7.